The summed E-state index contributed by atoms with van der Waals surface area (Å²) in [4.78, 5) is 19.4. The molecule has 0 saturated carbocycles. The number of hydrogen-bond donors (Lipinski definition) is 1. The lowest BCUT2D eigenvalue weighted by molar-refractivity contribution is -0.135. The van der Waals surface area contributed by atoms with E-state index in [1.807, 2.05) is 6.07 Å². The molecule has 0 fully saturated rings. The van der Waals surface area contributed by atoms with Crippen LogP contribution in [0.4, 0.5) is 4.39 Å². The van der Waals surface area contributed by atoms with Crippen molar-refractivity contribution in [3.63, 3.8) is 0 Å². The number of rotatable bonds is 6. The van der Waals surface area contributed by atoms with Crippen LogP contribution < -0.4 is 5.73 Å². The van der Waals surface area contributed by atoms with Crippen molar-refractivity contribution in [1.29, 1.82) is 0 Å². The van der Waals surface area contributed by atoms with Gasteiger partial charge in [0.25, 0.3) is 5.91 Å². The van der Waals surface area contributed by atoms with Crippen molar-refractivity contribution in [2.45, 2.75) is 6.54 Å². The Balaban J connectivity index is 1.83. The Morgan fingerprint density at radius 3 is 2.65 bits per heavy atom. The van der Waals surface area contributed by atoms with Crippen LogP contribution in [0, 0.1) is 5.82 Å². The molecule has 0 saturated heterocycles. The molecule has 0 aliphatic rings. The molecule has 1 amide bonds. The fourth-order valence-electron chi connectivity index (χ4n) is 1.70. The van der Waals surface area contributed by atoms with Gasteiger partial charge in [-0.25, -0.2) is 4.39 Å². The number of thiophene rings is 1. The number of carbonyl (C=O) groups is 1. The van der Waals surface area contributed by atoms with Crippen molar-refractivity contribution in [2.75, 3.05) is 13.7 Å². The van der Waals surface area contributed by atoms with E-state index in [1.165, 1.54) is 40.5 Å². The highest BCUT2D eigenvalue weighted by atomic mass is 35.5. The number of amidine groups is 1. The van der Waals surface area contributed by atoms with Crippen LogP contribution in [0.5, 0.6) is 0 Å². The van der Waals surface area contributed by atoms with Gasteiger partial charge in [0.2, 0.25) is 0 Å². The highest BCUT2D eigenvalue weighted by Gasteiger charge is 2.11. The standard InChI is InChI=1S/C15H15ClFN3O2S/c1-20(8-12-6-7-13(16)23-12)14(21)9-22-19-15(18)10-2-4-11(17)5-3-10/h2-7H,8-9H2,1H3,(H2,18,19). The number of oxime groups is 1. The average Bonchev–Trinajstić information content (AvgIpc) is 2.92. The van der Waals surface area contributed by atoms with Crippen LogP contribution in [0.25, 0.3) is 0 Å². The first-order valence-electron chi connectivity index (χ1n) is 6.65. The Bertz CT molecular complexity index is 703. The summed E-state index contributed by atoms with van der Waals surface area (Å²) in [6.07, 6.45) is 0. The van der Waals surface area contributed by atoms with Gasteiger partial charge in [-0.2, -0.15) is 0 Å². The molecular formula is C15H15ClFN3O2S. The smallest absolute Gasteiger partial charge is 0.263 e. The summed E-state index contributed by atoms with van der Waals surface area (Å²) in [5.74, 6) is -0.538. The zero-order valence-electron chi connectivity index (χ0n) is 12.3. The van der Waals surface area contributed by atoms with E-state index in [0.717, 1.165) is 4.88 Å². The number of carbonyl (C=O) groups excluding carboxylic acids is 1. The lowest BCUT2D eigenvalue weighted by Crippen LogP contribution is -2.29. The van der Waals surface area contributed by atoms with Gasteiger partial charge in [0.05, 0.1) is 10.9 Å². The molecule has 0 spiro atoms. The summed E-state index contributed by atoms with van der Waals surface area (Å²) in [5.41, 5.74) is 6.21. The largest absolute Gasteiger partial charge is 0.384 e. The Hall–Kier alpha value is -2.12. The summed E-state index contributed by atoms with van der Waals surface area (Å²) in [7, 11) is 1.66. The molecule has 0 unspecified atom stereocenters. The lowest BCUT2D eigenvalue weighted by atomic mass is 10.2. The van der Waals surface area contributed by atoms with Gasteiger partial charge in [-0.05, 0) is 36.4 Å². The van der Waals surface area contributed by atoms with Crippen LogP contribution >= 0.6 is 22.9 Å². The Morgan fingerprint density at radius 2 is 2.04 bits per heavy atom. The van der Waals surface area contributed by atoms with E-state index in [4.69, 9.17) is 22.2 Å². The maximum atomic E-state index is 12.8. The van der Waals surface area contributed by atoms with Gasteiger partial charge in [0.15, 0.2) is 12.4 Å². The first kappa shape index (κ1) is 17.2. The van der Waals surface area contributed by atoms with Crippen molar-refractivity contribution in [3.8, 4) is 0 Å². The van der Waals surface area contributed by atoms with Crippen LogP contribution in [0.15, 0.2) is 41.6 Å². The number of hydrogen-bond acceptors (Lipinski definition) is 4. The molecule has 8 heteroatoms. The molecule has 1 heterocycles. The van der Waals surface area contributed by atoms with Crippen molar-refractivity contribution in [1.82, 2.24) is 4.90 Å². The topological polar surface area (TPSA) is 67.9 Å². The molecule has 2 N–H and O–H groups in total. The molecule has 5 nitrogen and oxygen atoms in total. The summed E-state index contributed by atoms with van der Waals surface area (Å²) >= 11 is 7.26. The first-order valence-corrected chi connectivity index (χ1v) is 7.84. The summed E-state index contributed by atoms with van der Waals surface area (Å²) in [5, 5.41) is 3.66. The predicted octanol–water partition coefficient (Wildman–Crippen LogP) is 2.84. The minimum Gasteiger partial charge on any atom is -0.384 e. The third kappa shape index (κ3) is 5.22. The molecule has 23 heavy (non-hydrogen) atoms. The van der Waals surface area contributed by atoms with E-state index < -0.39 is 0 Å². The molecule has 0 aliphatic carbocycles. The molecule has 0 bridgehead atoms. The molecule has 2 aromatic rings. The van der Waals surface area contributed by atoms with Gasteiger partial charge >= 0.3 is 0 Å². The van der Waals surface area contributed by atoms with Gasteiger partial charge in [0.1, 0.15) is 5.82 Å². The van der Waals surface area contributed by atoms with E-state index in [0.29, 0.717) is 16.4 Å². The van der Waals surface area contributed by atoms with Crippen molar-refractivity contribution < 1.29 is 14.0 Å². The second kappa shape index (κ2) is 7.94. The quantitative estimate of drug-likeness (QED) is 0.492. The van der Waals surface area contributed by atoms with Gasteiger partial charge in [-0.1, -0.05) is 16.8 Å². The van der Waals surface area contributed by atoms with Crippen LogP contribution in [0.2, 0.25) is 4.34 Å². The molecule has 1 aromatic carbocycles. The Kier molecular flexibility index (Phi) is 5.95. The van der Waals surface area contributed by atoms with Crippen LogP contribution in [-0.2, 0) is 16.2 Å². The number of nitrogens with zero attached hydrogens (tertiary/aromatic N) is 2. The number of likely N-dealkylation sites (N-methyl/N-ethyl adjacent to an activating group) is 1. The monoisotopic (exact) mass is 355 g/mol. The Labute approximate surface area is 142 Å². The molecule has 1 aromatic heterocycles. The van der Waals surface area contributed by atoms with Crippen LogP contribution in [-0.4, -0.2) is 30.3 Å². The van der Waals surface area contributed by atoms with Gasteiger partial charge in [-0.15, -0.1) is 11.3 Å². The zero-order chi connectivity index (χ0) is 16.8. The lowest BCUT2D eigenvalue weighted by Gasteiger charge is -2.15. The maximum absolute atomic E-state index is 12.8. The second-order valence-corrected chi connectivity index (χ2v) is 6.51. The van der Waals surface area contributed by atoms with E-state index in [2.05, 4.69) is 5.16 Å². The molecular weight excluding hydrogens is 341 g/mol. The molecule has 0 radical (unpaired) electrons. The highest BCUT2D eigenvalue weighted by Crippen LogP contribution is 2.22. The van der Waals surface area contributed by atoms with Gasteiger partial charge in [0, 0.05) is 17.5 Å². The Morgan fingerprint density at radius 1 is 1.35 bits per heavy atom. The van der Waals surface area contributed by atoms with Crippen molar-refractivity contribution >= 4 is 34.7 Å². The predicted molar refractivity (Wildman–Crippen MR) is 88.9 cm³/mol. The van der Waals surface area contributed by atoms with Crippen molar-refractivity contribution in [2.24, 2.45) is 10.9 Å². The van der Waals surface area contributed by atoms with E-state index in [1.54, 1.807) is 13.1 Å². The van der Waals surface area contributed by atoms with E-state index in [9.17, 15) is 9.18 Å². The highest BCUT2D eigenvalue weighted by molar-refractivity contribution is 7.16. The fraction of sp³-hybridized carbons (Fsp3) is 0.200. The summed E-state index contributed by atoms with van der Waals surface area (Å²) in [6.45, 7) is 0.203. The molecule has 2 rings (SSSR count). The molecule has 0 atom stereocenters. The average molecular weight is 356 g/mol. The summed E-state index contributed by atoms with van der Waals surface area (Å²) < 4.78 is 13.5. The van der Waals surface area contributed by atoms with Gasteiger partial charge in [-0.3, -0.25) is 4.79 Å². The molecule has 0 aliphatic heterocycles. The number of amides is 1. The SMILES string of the molecule is CN(Cc1ccc(Cl)s1)C(=O)CO/N=C(\N)c1ccc(F)cc1. The van der Waals surface area contributed by atoms with Gasteiger partial charge < -0.3 is 15.5 Å². The van der Waals surface area contributed by atoms with E-state index >= 15 is 0 Å². The number of nitrogens with two attached hydrogens (primary N) is 1. The normalized spacial score (nSPS) is 11.3. The summed E-state index contributed by atoms with van der Waals surface area (Å²) in [6, 6.07) is 9.13. The van der Waals surface area contributed by atoms with Crippen LogP contribution in [0.3, 0.4) is 0 Å². The fourth-order valence-corrected chi connectivity index (χ4v) is 2.84. The zero-order valence-corrected chi connectivity index (χ0v) is 13.9. The third-order valence-electron chi connectivity index (χ3n) is 2.94. The van der Waals surface area contributed by atoms with E-state index in [-0.39, 0.29) is 24.2 Å². The second-order valence-electron chi connectivity index (χ2n) is 4.71. The van der Waals surface area contributed by atoms with Crippen molar-refractivity contribution in [3.05, 3.63) is 57.0 Å². The number of halogens is 2. The first-order chi connectivity index (χ1) is 11.0. The maximum Gasteiger partial charge on any atom is 0.263 e. The number of benzene rings is 1. The third-order valence-corrected chi connectivity index (χ3v) is 4.15. The molecule has 122 valence electrons. The van der Waals surface area contributed by atoms with Crippen LogP contribution in [0.1, 0.15) is 10.4 Å². The minimum absolute atomic E-state index is 0.0745. The minimum atomic E-state index is -0.368.